The van der Waals surface area contributed by atoms with Gasteiger partial charge in [0.05, 0.1) is 33.0 Å². The molecule has 0 aliphatic carbocycles. The van der Waals surface area contributed by atoms with Crippen LogP contribution in [0.2, 0.25) is 0 Å². The monoisotopic (exact) mass is 240 g/mol. The van der Waals surface area contributed by atoms with E-state index in [-0.39, 0.29) is 12.4 Å². The Labute approximate surface area is 99.4 Å². The van der Waals surface area contributed by atoms with Crippen LogP contribution in [0.15, 0.2) is 18.2 Å². The van der Waals surface area contributed by atoms with Gasteiger partial charge >= 0.3 is 7.12 Å². The Kier molecular flexibility index (Phi) is 4.50. The number of ether oxygens (including phenoxy) is 1. The zero-order valence-electron chi connectivity index (χ0n) is 9.39. The molecule has 92 valence electrons. The van der Waals surface area contributed by atoms with Crippen LogP contribution in [-0.4, -0.2) is 38.7 Å². The first-order valence-corrected chi connectivity index (χ1v) is 5.51. The third kappa shape index (κ3) is 3.26. The summed E-state index contributed by atoms with van der Waals surface area (Å²) in [7, 11) is -0.441. The van der Waals surface area contributed by atoms with Crippen molar-refractivity contribution in [1.29, 1.82) is 0 Å². The predicted molar refractivity (Wildman–Crippen MR) is 60.4 cm³/mol. The van der Waals surface area contributed by atoms with Crippen molar-refractivity contribution in [2.75, 3.05) is 26.4 Å². The third-order valence-electron chi connectivity index (χ3n) is 2.48. The quantitative estimate of drug-likeness (QED) is 0.565. The van der Waals surface area contributed by atoms with Gasteiger partial charge in [-0.25, -0.2) is 4.39 Å². The fourth-order valence-corrected chi connectivity index (χ4v) is 1.70. The van der Waals surface area contributed by atoms with Crippen LogP contribution >= 0.6 is 0 Å². The van der Waals surface area contributed by atoms with Gasteiger partial charge in [-0.15, -0.1) is 0 Å². The molecule has 1 aromatic carbocycles. The lowest BCUT2D eigenvalue weighted by atomic mass is 9.79. The fraction of sp³-hybridized carbons (Fsp3) is 0.455. The molecular formula is C11H14BFO4. The molecule has 0 saturated carbocycles. The highest BCUT2D eigenvalue weighted by Gasteiger charge is 2.30. The van der Waals surface area contributed by atoms with Gasteiger partial charge in [0, 0.05) is 0 Å². The molecule has 1 aromatic rings. The smallest absolute Gasteiger partial charge is 0.405 e. The Hall–Kier alpha value is -0.945. The van der Waals surface area contributed by atoms with Crippen LogP contribution in [0.3, 0.4) is 0 Å². The van der Waals surface area contributed by atoms with Crippen LogP contribution in [0.5, 0.6) is 0 Å². The highest BCUT2D eigenvalue weighted by atomic mass is 19.1. The van der Waals surface area contributed by atoms with Crippen molar-refractivity contribution < 1.29 is 23.5 Å². The van der Waals surface area contributed by atoms with Gasteiger partial charge in [-0.3, -0.25) is 0 Å². The van der Waals surface area contributed by atoms with Crippen molar-refractivity contribution in [1.82, 2.24) is 0 Å². The van der Waals surface area contributed by atoms with Crippen molar-refractivity contribution in [3.05, 3.63) is 29.6 Å². The Morgan fingerprint density at radius 3 is 3.06 bits per heavy atom. The second kappa shape index (κ2) is 6.11. The van der Waals surface area contributed by atoms with E-state index in [0.717, 1.165) is 11.0 Å². The van der Waals surface area contributed by atoms with Gasteiger partial charge in [-0.05, 0) is 23.2 Å². The van der Waals surface area contributed by atoms with Gasteiger partial charge in [-0.2, -0.15) is 0 Å². The van der Waals surface area contributed by atoms with E-state index in [9.17, 15) is 4.39 Å². The summed E-state index contributed by atoms with van der Waals surface area (Å²) in [4.78, 5) is 0. The molecule has 0 amide bonds. The highest BCUT2D eigenvalue weighted by Crippen LogP contribution is 2.12. The molecule has 0 fully saturated rings. The predicted octanol–water partition coefficient (Wildman–Crippen LogP) is 0.0766. The Balaban J connectivity index is 1.81. The molecule has 0 radical (unpaired) electrons. The van der Waals surface area contributed by atoms with Gasteiger partial charge in [0.2, 0.25) is 0 Å². The zero-order chi connectivity index (χ0) is 12.1. The fourth-order valence-electron chi connectivity index (χ4n) is 1.70. The first-order valence-electron chi connectivity index (χ1n) is 5.51. The summed E-state index contributed by atoms with van der Waals surface area (Å²) in [6.07, 6.45) is 0. The second-order valence-electron chi connectivity index (χ2n) is 3.69. The maximum absolute atomic E-state index is 12.9. The van der Waals surface area contributed by atoms with E-state index in [2.05, 4.69) is 0 Å². The SMILES string of the molecule is OCCOCCOB1OCc2cc(F)ccc21. The van der Waals surface area contributed by atoms with Crippen molar-refractivity contribution in [2.45, 2.75) is 6.61 Å². The molecule has 17 heavy (non-hydrogen) atoms. The zero-order valence-corrected chi connectivity index (χ0v) is 9.39. The van der Waals surface area contributed by atoms with Gasteiger partial charge in [0.15, 0.2) is 0 Å². The van der Waals surface area contributed by atoms with Gasteiger partial charge in [0.25, 0.3) is 0 Å². The van der Waals surface area contributed by atoms with E-state index >= 15 is 0 Å². The molecule has 1 N–H and O–H groups in total. The Morgan fingerprint density at radius 2 is 2.24 bits per heavy atom. The summed E-state index contributed by atoms with van der Waals surface area (Å²) in [5, 5.41) is 8.51. The molecule has 1 heterocycles. The van der Waals surface area contributed by atoms with Crippen molar-refractivity contribution in [3.8, 4) is 0 Å². The number of aliphatic hydroxyl groups is 1. The summed E-state index contributed by atoms with van der Waals surface area (Å²) >= 11 is 0. The number of rotatable bonds is 6. The summed E-state index contributed by atoms with van der Waals surface area (Å²) in [5.41, 5.74) is 1.69. The molecule has 0 unspecified atom stereocenters. The first kappa shape index (κ1) is 12.5. The van der Waals surface area contributed by atoms with E-state index in [4.69, 9.17) is 19.2 Å². The molecule has 0 spiro atoms. The maximum atomic E-state index is 12.9. The molecule has 0 aromatic heterocycles. The molecule has 0 bridgehead atoms. The minimum absolute atomic E-state index is 0.00202. The van der Waals surface area contributed by atoms with Crippen molar-refractivity contribution >= 4 is 12.6 Å². The number of benzene rings is 1. The average Bonchev–Trinajstić information content (AvgIpc) is 2.71. The van der Waals surface area contributed by atoms with E-state index in [0.29, 0.717) is 26.4 Å². The second-order valence-corrected chi connectivity index (χ2v) is 3.69. The largest absolute Gasteiger partial charge is 0.494 e. The minimum Gasteiger partial charge on any atom is -0.405 e. The summed E-state index contributed by atoms with van der Waals surface area (Å²) in [5.74, 6) is -0.265. The minimum atomic E-state index is -0.441. The molecule has 6 heteroatoms. The van der Waals surface area contributed by atoms with Crippen LogP contribution in [-0.2, 0) is 20.7 Å². The van der Waals surface area contributed by atoms with Crippen LogP contribution < -0.4 is 5.46 Å². The number of halogens is 1. The van der Waals surface area contributed by atoms with Gasteiger partial charge in [-0.1, -0.05) is 6.07 Å². The number of aliphatic hydroxyl groups excluding tert-OH is 1. The summed E-state index contributed by atoms with van der Waals surface area (Å²) < 4.78 is 28.9. The molecule has 1 aliphatic heterocycles. The van der Waals surface area contributed by atoms with Gasteiger partial charge < -0.3 is 19.2 Å². The van der Waals surface area contributed by atoms with Crippen LogP contribution in [0, 0.1) is 5.82 Å². The average molecular weight is 240 g/mol. The number of hydrogen-bond donors (Lipinski definition) is 1. The highest BCUT2D eigenvalue weighted by molar-refractivity contribution is 6.62. The molecule has 1 aliphatic rings. The van der Waals surface area contributed by atoms with E-state index in [1.807, 2.05) is 0 Å². The number of fused-ring (bicyclic) bond motifs is 1. The van der Waals surface area contributed by atoms with Gasteiger partial charge in [0.1, 0.15) is 5.82 Å². The standard InChI is InChI=1S/C11H14BFO4/c13-10-1-2-11-9(7-10)8-17-12(11)16-6-5-15-4-3-14/h1-2,7,14H,3-6,8H2. The summed E-state index contributed by atoms with van der Waals surface area (Å²) in [6.45, 7) is 1.45. The van der Waals surface area contributed by atoms with Crippen molar-refractivity contribution in [2.24, 2.45) is 0 Å². The topological polar surface area (TPSA) is 47.9 Å². The molecule has 2 rings (SSSR count). The molecule has 0 atom stereocenters. The maximum Gasteiger partial charge on any atom is 0.494 e. The first-order chi connectivity index (χ1) is 8.31. The Bertz CT molecular complexity index is 374. The van der Waals surface area contributed by atoms with Crippen molar-refractivity contribution in [3.63, 3.8) is 0 Å². The normalized spacial score (nSPS) is 14.1. The van der Waals surface area contributed by atoms with E-state index in [1.54, 1.807) is 6.07 Å². The Morgan fingerprint density at radius 1 is 1.35 bits per heavy atom. The lowest BCUT2D eigenvalue weighted by Gasteiger charge is -2.08. The molecular weight excluding hydrogens is 226 g/mol. The van der Waals surface area contributed by atoms with Crippen LogP contribution in [0.25, 0.3) is 0 Å². The number of hydrogen-bond acceptors (Lipinski definition) is 4. The van der Waals surface area contributed by atoms with Crippen LogP contribution in [0.1, 0.15) is 5.56 Å². The van der Waals surface area contributed by atoms with E-state index < -0.39 is 7.12 Å². The molecule has 4 nitrogen and oxygen atoms in total. The molecule has 0 saturated heterocycles. The van der Waals surface area contributed by atoms with Crippen LogP contribution in [0.4, 0.5) is 4.39 Å². The van der Waals surface area contributed by atoms with E-state index in [1.165, 1.54) is 12.1 Å². The lowest BCUT2D eigenvalue weighted by Crippen LogP contribution is -2.33. The lowest BCUT2D eigenvalue weighted by molar-refractivity contribution is 0.0640. The summed E-state index contributed by atoms with van der Waals surface area (Å²) in [6, 6.07) is 4.53. The third-order valence-corrected chi connectivity index (χ3v) is 2.48.